The predicted octanol–water partition coefficient (Wildman–Crippen LogP) is 6.22. The SMILES string of the molecule is CCOC(=O)C(Cc1ccc(OCCc2nc(-c3ccccc3)oc2C)cc1)c1ccsc1. The lowest BCUT2D eigenvalue weighted by atomic mass is 9.94. The Hall–Kier alpha value is -3.38. The van der Waals surface area contributed by atoms with E-state index in [9.17, 15) is 4.79 Å². The highest BCUT2D eigenvalue weighted by atomic mass is 32.1. The number of aromatic nitrogens is 1. The van der Waals surface area contributed by atoms with Crippen molar-refractivity contribution in [1.29, 1.82) is 0 Å². The van der Waals surface area contributed by atoms with Gasteiger partial charge in [0.1, 0.15) is 11.5 Å². The quantitative estimate of drug-likeness (QED) is 0.262. The number of esters is 1. The number of carbonyl (C=O) groups excluding carboxylic acids is 1. The average Bonchev–Trinajstić information content (AvgIpc) is 3.49. The van der Waals surface area contributed by atoms with Gasteiger partial charge in [-0.1, -0.05) is 30.3 Å². The Bertz CT molecular complexity index is 1150. The molecule has 0 fully saturated rings. The zero-order valence-electron chi connectivity index (χ0n) is 18.8. The van der Waals surface area contributed by atoms with E-state index in [1.807, 2.05) is 85.3 Å². The lowest BCUT2D eigenvalue weighted by Crippen LogP contribution is -2.17. The molecule has 2 aromatic carbocycles. The molecule has 0 saturated heterocycles. The van der Waals surface area contributed by atoms with Crippen molar-refractivity contribution in [3.8, 4) is 17.2 Å². The van der Waals surface area contributed by atoms with Crippen molar-refractivity contribution in [1.82, 2.24) is 4.98 Å². The third-order valence-electron chi connectivity index (χ3n) is 5.40. The fourth-order valence-electron chi connectivity index (χ4n) is 3.64. The molecule has 6 heteroatoms. The van der Waals surface area contributed by atoms with Crippen LogP contribution in [0, 0.1) is 6.92 Å². The molecule has 1 unspecified atom stereocenters. The molecule has 0 amide bonds. The first-order chi connectivity index (χ1) is 16.1. The summed E-state index contributed by atoms with van der Waals surface area (Å²) in [6.45, 7) is 4.64. The van der Waals surface area contributed by atoms with Gasteiger partial charge in [0.2, 0.25) is 5.89 Å². The minimum absolute atomic E-state index is 0.186. The first-order valence-corrected chi connectivity index (χ1v) is 12.0. The smallest absolute Gasteiger partial charge is 0.313 e. The maximum atomic E-state index is 12.5. The Kier molecular flexibility index (Phi) is 7.58. The largest absolute Gasteiger partial charge is 0.493 e. The summed E-state index contributed by atoms with van der Waals surface area (Å²) in [7, 11) is 0. The van der Waals surface area contributed by atoms with Crippen LogP contribution in [0.4, 0.5) is 0 Å². The second kappa shape index (κ2) is 11.0. The zero-order chi connectivity index (χ0) is 23.0. The first kappa shape index (κ1) is 22.8. The van der Waals surface area contributed by atoms with Gasteiger partial charge in [0.25, 0.3) is 0 Å². The molecule has 4 aromatic rings. The summed E-state index contributed by atoms with van der Waals surface area (Å²) in [5.41, 5.74) is 3.92. The third-order valence-corrected chi connectivity index (χ3v) is 6.10. The molecular formula is C27H27NO4S. The van der Waals surface area contributed by atoms with Crippen molar-refractivity contribution in [2.24, 2.45) is 0 Å². The van der Waals surface area contributed by atoms with Crippen LogP contribution in [0.15, 0.2) is 75.8 Å². The summed E-state index contributed by atoms with van der Waals surface area (Å²) in [5.74, 6) is 1.75. The van der Waals surface area contributed by atoms with Gasteiger partial charge >= 0.3 is 5.97 Å². The van der Waals surface area contributed by atoms with E-state index in [1.54, 1.807) is 11.3 Å². The topological polar surface area (TPSA) is 61.6 Å². The highest BCUT2D eigenvalue weighted by Gasteiger charge is 2.23. The Morgan fingerprint density at radius 1 is 1.09 bits per heavy atom. The molecule has 0 saturated carbocycles. The third kappa shape index (κ3) is 5.90. The molecular weight excluding hydrogens is 434 g/mol. The molecule has 4 rings (SSSR count). The van der Waals surface area contributed by atoms with Gasteiger partial charge in [-0.05, 0) is 72.5 Å². The molecule has 1 atom stereocenters. The summed E-state index contributed by atoms with van der Waals surface area (Å²) >= 11 is 1.59. The highest BCUT2D eigenvalue weighted by molar-refractivity contribution is 7.08. The molecule has 2 heterocycles. The van der Waals surface area contributed by atoms with Gasteiger partial charge in [-0.3, -0.25) is 4.79 Å². The maximum Gasteiger partial charge on any atom is 0.313 e. The summed E-state index contributed by atoms with van der Waals surface area (Å²) in [5, 5.41) is 3.99. The van der Waals surface area contributed by atoms with Crippen LogP contribution in [-0.2, 0) is 22.4 Å². The summed E-state index contributed by atoms with van der Waals surface area (Å²) in [6, 6.07) is 19.7. The molecule has 0 aliphatic heterocycles. The summed E-state index contributed by atoms with van der Waals surface area (Å²) in [4.78, 5) is 17.1. The van der Waals surface area contributed by atoms with Crippen molar-refractivity contribution < 1.29 is 18.7 Å². The molecule has 0 N–H and O–H groups in total. The average molecular weight is 462 g/mol. The van der Waals surface area contributed by atoms with Gasteiger partial charge < -0.3 is 13.9 Å². The van der Waals surface area contributed by atoms with Crippen molar-refractivity contribution >= 4 is 17.3 Å². The first-order valence-electron chi connectivity index (χ1n) is 11.1. The highest BCUT2D eigenvalue weighted by Crippen LogP contribution is 2.26. The van der Waals surface area contributed by atoms with E-state index < -0.39 is 0 Å². The summed E-state index contributed by atoms with van der Waals surface area (Å²) < 4.78 is 17.0. The van der Waals surface area contributed by atoms with E-state index in [0.29, 0.717) is 31.9 Å². The van der Waals surface area contributed by atoms with Crippen LogP contribution < -0.4 is 4.74 Å². The lowest BCUT2D eigenvalue weighted by molar-refractivity contribution is -0.144. The minimum Gasteiger partial charge on any atom is -0.493 e. The molecule has 33 heavy (non-hydrogen) atoms. The van der Waals surface area contributed by atoms with Crippen LogP contribution in [-0.4, -0.2) is 24.2 Å². The van der Waals surface area contributed by atoms with Crippen molar-refractivity contribution in [2.75, 3.05) is 13.2 Å². The molecule has 0 aliphatic rings. The number of hydrogen-bond acceptors (Lipinski definition) is 6. The second-order valence-corrected chi connectivity index (χ2v) is 8.48. The van der Waals surface area contributed by atoms with Crippen LogP contribution in [0.5, 0.6) is 5.75 Å². The van der Waals surface area contributed by atoms with Crippen LogP contribution >= 0.6 is 11.3 Å². The van der Waals surface area contributed by atoms with Crippen LogP contribution in [0.2, 0.25) is 0 Å². The number of hydrogen-bond donors (Lipinski definition) is 0. The molecule has 170 valence electrons. The van der Waals surface area contributed by atoms with Crippen molar-refractivity contribution in [2.45, 2.75) is 32.6 Å². The summed E-state index contributed by atoms with van der Waals surface area (Å²) in [6.07, 6.45) is 1.25. The predicted molar refractivity (Wildman–Crippen MR) is 130 cm³/mol. The van der Waals surface area contributed by atoms with Crippen molar-refractivity contribution in [3.63, 3.8) is 0 Å². The van der Waals surface area contributed by atoms with Gasteiger partial charge in [0.15, 0.2) is 0 Å². The van der Waals surface area contributed by atoms with E-state index >= 15 is 0 Å². The molecule has 0 spiro atoms. The Morgan fingerprint density at radius 2 is 1.88 bits per heavy atom. The zero-order valence-corrected chi connectivity index (χ0v) is 19.6. The number of oxazole rings is 1. The van der Waals surface area contributed by atoms with Crippen LogP contribution in [0.1, 0.15) is 35.4 Å². The molecule has 5 nitrogen and oxygen atoms in total. The molecule has 0 aliphatic carbocycles. The Balaban J connectivity index is 1.33. The van der Waals surface area contributed by atoms with E-state index in [1.165, 1.54) is 0 Å². The molecule has 2 aromatic heterocycles. The van der Waals surface area contributed by atoms with E-state index in [0.717, 1.165) is 33.9 Å². The Labute approximate surface area is 198 Å². The van der Waals surface area contributed by atoms with Gasteiger partial charge in [0, 0.05) is 12.0 Å². The van der Waals surface area contributed by atoms with Crippen LogP contribution in [0.25, 0.3) is 11.5 Å². The number of aryl methyl sites for hydroxylation is 1. The van der Waals surface area contributed by atoms with Gasteiger partial charge in [0.05, 0.1) is 24.8 Å². The second-order valence-electron chi connectivity index (χ2n) is 7.70. The minimum atomic E-state index is -0.295. The van der Waals surface area contributed by atoms with Gasteiger partial charge in [-0.2, -0.15) is 11.3 Å². The monoisotopic (exact) mass is 461 g/mol. The van der Waals surface area contributed by atoms with Crippen LogP contribution in [0.3, 0.4) is 0 Å². The lowest BCUT2D eigenvalue weighted by Gasteiger charge is -2.15. The number of rotatable bonds is 10. The van der Waals surface area contributed by atoms with Gasteiger partial charge in [-0.25, -0.2) is 4.98 Å². The van der Waals surface area contributed by atoms with E-state index in [-0.39, 0.29) is 11.9 Å². The van der Waals surface area contributed by atoms with E-state index in [4.69, 9.17) is 13.9 Å². The van der Waals surface area contributed by atoms with Crippen molar-refractivity contribution in [3.05, 3.63) is 94.0 Å². The number of benzene rings is 2. The number of carbonyl (C=O) groups is 1. The number of ether oxygens (including phenoxy) is 2. The fourth-order valence-corrected chi connectivity index (χ4v) is 4.35. The maximum absolute atomic E-state index is 12.5. The van der Waals surface area contributed by atoms with E-state index in [2.05, 4.69) is 4.98 Å². The molecule has 0 radical (unpaired) electrons. The van der Waals surface area contributed by atoms with Gasteiger partial charge in [-0.15, -0.1) is 0 Å². The normalized spacial score (nSPS) is 11.8. The standard InChI is InChI=1S/C27H27NO4S/c1-3-30-27(29)24(22-14-16-33-18-22)17-20-9-11-23(12-10-20)31-15-13-25-19(2)32-26(28-25)21-7-5-4-6-8-21/h4-12,14,16,18,24H,3,13,15,17H2,1-2H3. The number of thiophene rings is 1. The number of nitrogens with zero attached hydrogens (tertiary/aromatic N) is 1. The fraction of sp³-hybridized carbons (Fsp3) is 0.259. The molecule has 0 bridgehead atoms. The Morgan fingerprint density at radius 3 is 2.58 bits per heavy atom.